The lowest BCUT2D eigenvalue weighted by Crippen LogP contribution is -2.29. The van der Waals surface area contributed by atoms with Crippen molar-refractivity contribution in [1.82, 2.24) is 39.7 Å². The van der Waals surface area contributed by atoms with E-state index in [0.29, 0.717) is 25.0 Å². The summed E-state index contributed by atoms with van der Waals surface area (Å²) < 4.78 is 19.7. The molecule has 105 heavy (non-hydrogen) atoms. The fourth-order valence-electron chi connectivity index (χ4n) is 11.0. The molecule has 13 rings (SSSR count). The molecule has 13 nitrogen and oxygen atoms in total. The second-order valence-electron chi connectivity index (χ2n) is 34.7. The number of nitrogens with zero attached hydrogens (tertiary/aromatic N) is 6. The lowest BCUT2D eigenvalue weighted by Gasteiger charge is -2.23. The fraction of sp³-hybridized carbons (Fsp3) is 0.396. The van der Waals surface area contributed by atoms with Gasteiger partial charge in [-0.25, -0.2) is 9.67 Å². The monoisotopic (exact) mass is 1440 g/mol. The van der Waals surface area contributed by atoms with Gasteiger partial charge in [0.1, 0.15) is 30.7 Å². The molecule has 4 N–H and O–H groups in total. The van der Waals surface area contributed by atoms with Crippen molar-refractivity contribution in [3.8, 4) is 22.9 Å². The standard InChI is InChI=1S/C19H21NO.C13H15ClN2.C12H15N.C12H16O2.C9H14NO.2C9H13N.C8H14N2/c1-19(2,3)17-12-20-18-10-9-15(11-16(17)18)21-13-14-7-5-4-6-8-14;1-13(2,3)11-9-15-16(12(11)14)10-7-5-4-6-8-10;1-12(2,3)10-8-13-11-7-5-4-6-9(10)11;1-12(2,3)9-4-5-10-11(8-9)14-7-6-13-10;1-9(2,3)8-4-6-10(11)7-5-8;1-9(2,3)8-4-6-10-7-5-8;1-9(2,3)8-6-4-5-7-10-8;1-6-7(8(2,3)4)10-5-9-6/h4-12,20H,13H2,1-3H3;4-9H,1-3H3;4-8,13H,1-3H3;4-5,8H,6-7H2,1-3H3;4-7,11H,1-3H3;2*4-7H,1-3H3;5H,1-4H3,(H,9,10)/q;;;;+1;;;. The van der Waals surface area contributed by atoms with Gasteiger partial charge < -0.3 is 29.2 Å². The Kier molecular flexibility index (Phi) is 29.4. The first-order valence-electron chi connectivity index (χ1n) is 36.5. The van der Waals surface area contributed by atoms with Gasteiger partial charge in [0, 0.05) is 97.4 Å². The molecule has 14 heteroatoms. The maximum Gasteiger partial charge on any atom is 0.222 e. The number of para-hydroxylation sites is 2. The third-order valence-electron chi connectivity index (χ3n) is 17.2. The Balaban J connectivity index is 0.000000191. The Morgan fingerprint density at radius 2 is 0.981 bits per heavy atom. The third kappa shape index (κ3) is 26.6. The van der Waals surface area contributed by atoms with Crippen LogP contribution in [0, 0.1) is 6.92 Å². The molecule has 7 aromatic heterocycles. The van der Waals surface area contributed by atoms with E-state index in [9.17, 15) is 0 Å². The van der Waals surface area contributed by atoms with Crippen molar-refractivity contribution < 1.29 is 24.1 Å². The Morgan fingerprint density at radius 1 is 0.467 bits per heavy atom. The molecule has 0 saturated carbocycles. The number of pyridine rings is 3. The van der Waals surface area contributed by atoms with Crippen LogP contribution in [0.3, 0.4) is 0 Å². The number of halogens is 1. The van der Waals surface area contributed by atoms with Gasteiger partial charge in [0.2, 0.25) is 12.4 Å². The summed E-state index contributed by atoms with van der Waals surface area (Å²) in [6, 6.07) is 55.0. The van der Waals surface area contributed by atoms with Crippen molar-refractivity contribution in [2.75, 3.05) is 13.2 Å². The lowest BCUT2D eigenvalue weighted by atomic mass is 9.87. The quantitative estimate of drug-likeness (QED) is 0.100. The van der Waals surface area contributed by atoms with Crippen molar-refractivity contribution in [2.24, 2.45) is 0 Å². The van der Waals surface area contributed by atoms with Gasteiger partial charge in [-0.15, -0.1) is 0 Å². The summed E-state index contributed by atoms with van der Waals surface area (Å²) in [4.78, 5) is 22.1. The Hall–Kier alpha value is -9.46. The van der Waals surface area contributed by atoms with Gasteiger partial charge in [-0.3, -0.25) is 15.2 Å². The van der Waals surface area contributed by atoms with Gasteiger partial charge >= 0.3 is 0 Å². The number of hydrogen-bond donors (Lipinski definition) is 4. The first-order valence-corrected chi connectivity index (χ1v) is 36.9. The topological polar surface area (TPSA) is 156 Å². The molecule has 0 amide bonds. The highest BCUT2D eigenvalue weighted by molar-refractivity contribution is 6.30. The number of rotatable bonds is 4. The lowest BCUT2D eigenvalue weighted by molar-refractivity contribution is -0.904. The minimum atomic E-state index is 0.0180. The Morgan fingerprint density at radius 3 is 1.46 bits per heavy atom. The number of aryl methyl sites for hydroxylation is 1. The number of aromatic nitrogens is 9. The number of hydrogen-bond acceptors (Lipinski definition) is 8. The predicted octanol–water partition coefficient (Wildman–Crippen LogP) is 23.4. The van der Waals surface area contributed by atoms with E-state index in [2.05, 4.69) is 292 Å². The summed E-state index contributed by atoms with van der Waals surface area (Å²) in [6.07, 6.45) is 16.6. The van der Waals surface area contributed by atoms with Crippen molar-refractivity contribution in [2.45, 2.75) is 223 Å². The molecule has 560 valence electrons. The Labute approximate surface area is 633 Å². The van der Waals surface area contributed by atoms with E-state index in [4.69, 9.17) is 31.0 Å². The first kappa shape index (κ1) is 84.5. The molecule has 0 atom stereocenters. The number of aromatic amines is 3. The summed E-state index contributed by atoms with van der Waals surface area (Å²) in [5.74, 6) is 2.66. The number of imidazole rings is 1. The summed E-state index contributed by atoms with van der Waals surface area (Å²) in [5, 5.41) is 16.6. The second-order valence-corrected chi connectivity index (χ2v) is 35.0. The van der Waals surface area contributed by atoms with Crippen LogP contribution in [0.2, 0.25) is 5.15 Å². The predicted molar refractivity (Wildman–Crippen MR) is 439 cm³/mol. The van der Waals surface area contributed by atoms with E-state index in [1.165, 1.54) is 55.4 Å². The van der Waals surface area contributed by atoms with Crippen LogP contribution in [0.25, 0.3) is 27.5 Å². The SMILES string of the molecule is CC(C)(C)c1c[nH]c2ccc(OCc3ccccc3)cc12.CC(C)(C)c1c[nH]c2ccccc12.CC(C)(C)c1cc[n+](O)cc1.CC(C)(C)c1ccc2c(c1)OCCO2.CC(C)(C)c1ccccn1.CC(C)(C)c1ccncc1.CC(C)(C)c1cnn(-c2ccccc2)c1Cl.Cc1[nH]cnc1C(C)(C)C. The normalized spacial score (nSPS) is 12.2. The number of nitrogens with one attached hydrogen (secondary N) is 3. The molecule has 0 saturated heterocycles. The molecule has 5 aromatic carbocycles. The van der Waals surface area contributed by atoms with Gasteiger partial charge in [0.25, 0.3) is 0 Å². The van der Waals surface area contributed by atoms with Crippen LogP contribution in [0.5, 0.6) is 17.2 Å². The van der Waals surface area contributed by atoms with E-state index < -0.39 is 0 Å². The highest BCUT2D eigenvalue weighted by Crippen LogP contribution is 2.37. The number of benzene rings is 5. The number of H-pyrrole nitrogens is 3. The van der Waals surface area contributed by atoms with Crippen LogP contribution < -0.4 is 18.9 Å². The molecule has 1 aliphatic heterocycles. The Bertz CT molecular complexity index is 4470. The molecule has 0 aliphatic carbocycles. The maximum absolute atomic E-state index is 8.94. The largest absolute Gasteiger partial charge is 0.489 e. The van der Waals surface area contributed by atoms with Crippen molar-refractivity contribution in [3.63, 3.8) is 0 Å². The zero-order valence-corrected chi connectivity index (χ0v) is 68.4. The minimum absolute atomic E-state index is 0.0180. The van der Waals surface area contributed by atoms with Crippen LogP contribution in [-0.2, 0) is 49.9 Å². The molecule has 0 bridgehead atoms. The third-order valence-corrected chi connectivity index (χ3v) is 17.6. The van der Waals surface area contributed by atoms with Gasteiger partial charge in [0.15, 0.2) is 11.5 Å². The molecular formula is C91H121ClN9O4+. The minimum Gasteiger partial charge on any atom is -0.489 e. The van der Waals surface area contributed by atoms with Crippen LogP contribution in [0.15, 0.2) is 220 Å². The number of fused-ring (bicyclic) bond motifs is 3. The van der Waals surface area contributed by atoms with Crippen molar-refractivity contribution in [1.29, 1.82) is 0 Å². The summed E-state index contributed by atoms with van der Waals surface area (Å²) in [6.45, 7) is 56.3. The van der Waals surface area contributed by atoms with Crippen molar-refractivity contribution in [3.05, 3.63) is 281 Å². The summed E-state index contributed by atoms with van der Waals surface area (Å²) in [5.41, 5.74) is 17.0. The number of ether oxygens (including phenoxy) is 3. The second kappa shape index (κ2) is 36.5. The first-order chi connectivity index (χ1) is 48.9. The molecular weight excluding hydrogens is 1320 g/mol. The highest BCUT2D eigenvalue weighted by Gasteiger charge is 2.24. The van der Waals surface area contributed by atoms with E-state index in [0.717, 1.165) is 50.1 Å². The zero-order chi connectivity index (χ0) is 77.8. The molecule has 0 fully saturated rings. The van der Waals surface area contributed by atoms with Crippen LogP contribution >= 0.6 is 11.6 Å². The van der Waals surface area contributed by atoms with Crippen LogP contribution in [0.1, 0.15) is 222 Å². The smallest absolute Gasteiger partial charge is 0.222 e. The molecule has 0 unspecified atom stereocenters. The zero-order valence-electron chi connectivity index (χ0n) is 67.6. The molecule has 0 spiro atoms. The fourth-order valence-corrected chi connectivity index (χ4v) is 11.5. The van der Waals surface area contributed by atoms with Gasteiger partial charge in [0.05, 0.1) is 23.9 Å². The van der Waals surface area contributed by atoms with E-state index in [1.54, 1.807) is 23.4 Å². The molecule has 0 radical (unpaired) electrons. The van der Waals surface area contributed by atoms with E-state index in [-0.39, 0.29) is 43.3 Å². The van der Waals surface area contributed by atoms with Gasteiger partial charge in [-0.05, 0) is 146 Å². The molecule has 12 aromatic rings. The maximum atomic E-state index is 8.94. The van der Waals surface area contributed by atoms with Gasteiger partial charge in [-0.2, -0.15) is 5.10 Å². The molecule has 8 heterocycles. The van der Waals surface area contributed by atoms with E-state index >= 15 is 0 Å². The van der Waals surface area contributed by atoms with Crippen LogP contribution in [-0.4, -0.2) is 58.1 Å². The average molecular weight is 1440 g/mol. The summed E-state index contributed by atoms with van der Waals surface area (Å²) in [7, 11) is 0. The van der Waals surface area contributed by atoms with E-state index in [1.807, 2.05) is 117 Å². The van der Waals surface area contributed by atoms with Gasteiger partial charge in [-0.1, -0.05) is 257 Å². The molecule has 1 aliphatic rings. The summed E-state index contributed by atoms with van der Waals surface area (Å²) >= 11 is 6.34. The van der Waals surface area contributed by atoms with Crippen LogP contribution in [0.4, 0.5) is 0 Å². The average Bonchev–Trinajstić information content (AvgIpc) is 1.69. The van der Waals surface area contributed by atoms with Crippen molar-refractivity contribution >= 4 is 33.4 Å². The highest BCUT2D eigenvalue weighted by atomic mass is 35.5.